The van der Waals surface area contributed by atoms with Crippen molar-refractivity contribution in [3.63, 3.8) is 0 Å². The van der Waals surface area contributed by atoms with E-state index in [4.69, 9.17) is 9.15 Å². The van der Waals surface area contributed by atoms with Crippen molar-refractivity contribution in [2.45, 2.75) is 44.0 Å². The van der Waals surface area contributed by atoms with E-state index in [0.717, 1.165) is 24.5 Å². The molecule has 2 heterocycles. The maximum absolute atomic E-state index is 11.9. The molecule has 3 rings (SSSR count). The Morgan fingerprint density at radius 3 is 3.00 bits per heavy atom. The number of carbonyl (C=O) groups excluding carboxylic acids is 1. The quantitative estimate of drug-likeness (QED) is 0.333. The number of phenolic OH excluding ortho intramolecular Hbond substituents is 1. The molecule has 0 saturated carbocycles. The van der Waals surface area contributed by atoms with Crippen molar-refractivity contribution in [3.8, 4) is 5.75 Å². The van der Waals surface area contributed by atoms with Gasteiger partial charge in [-0.1, -0.05) is 28.0 Å². The van der Waals surface area contributed by atoms with Crippen molar-refractivity contribution in [2.24, 2.45) is 0 Å². The standard InChI is InChI=1S/C18H20O5S2/c19-13-5-6-15-12(9-18(21)23-16(15)10-13)11-22-17(20)4-2-1-3-14-7-8-24-25-14/h5-6,9-10,14,19H,1-4,7-8,11H2/t14-/m0/s1. The number of benzene rings is 1. The number of fused-ring (bicyclic) bond motifs is 1. The van der Waals surface area contributed by atoms with Gasteiger partial charge in [-0.25, -0.2) is 4.79 Å². The third-order valence-corrected chi connectivity index (χ3v) is 7.09. The number of aromatic hydroxyl groups is 1. The first kappa shape index (κ1) is 18.2. The van der Waals surface area contributed by atoms with Crippen LogP contribution >= 0.6 is 21.6 Å². The SMILES string of the molecule is O=C(CCCC[C@H]1CCSS1)OCc1cc(=O)oc2cc(O)ccc12. The van der Waals surface area contributed by atoms with Gasteiger partial charge in [-0.15, -0.1) is 0 Å². The minimum atomic E-state index is -0.531. The predicted molar refractivity (Wildman–Crippen MR) is 101 cm³/mol. The second kappa shape index (κ2) is 8.67. The molecule has 1 N–H and O–H groups in total. The molecule has 0 spiro atoms. The van der Waals surface area contributed by atoms with Gasteiger partial charge < -0.3 is 14.3 Å². The fourth-order valence-electron chi connectivity index (χ4n) is 2.77. The van der Waals surface area contributed by atoms with E-state index >= 15 is 0 Å². The van der Waals surface area contributed by atoms with Crippen LogP contribution in [0.2, 0.25) is 0 Å². The molecule has 1 aromatic heterocycles. The van der Waals surface area contributed by atoms with E-state index in [1.165, 1.54) is 30.4 Å². The molecule has 0 amide bonds. The topological polar surface area (TPSA) is 76.7 Å². The Kier molecular flexibility index (Phi) is 6.31. The van der Waals surface area contributed by atoms with Crippen LogP contribution in [-0.4, -0.2) is 22.1 Å². The van der Waals surface area contributed by atoms with Gasteiger partial charge in [0, 0.05) is 40.5 Å². The zero-order valence-corrected chi connectivity index (χ0v) is 15.4. The van der Waals surface area contributed by atoms with E-state index in [1.807, 2.05) is 21.6 Å². The largest absolute Gasteiger partial charge is 0.508 e. The summed E-state index contributed by atoms with van der Waals surface area (Å²) in [5, 5.41) is 10.9. The Bertz CT molecular complexity index is 796. The monoisotopic (exact) mass is 380 g/mol. The first-order chi connectivity index (χ1) is 12.1. The maximum atomic E-state index is 11.9. The molecule has 0 bridgehead atoms. The van der Waals surface area contributed by atoms with Crippen LogP contribution in [0.1, 0.15) is 37.7 Å². The lowest BCUT2D eigenvalue weighted by Gasteiger charge is -2.08. The van der Waals surface area contributed by atoms with Crippen molar-refractivity contribution in [1.82, 2.24) is 0 Å². The minimum Gasteiger partial charge on any atom is -0.508 e. The number of phenols is 1. The van der Waals surface area contributed by atoms with Gasteiger partial charge in [0.2, 0.25) is 0 Å². The second-order valence-corrected chi connectivity index (χ2v) is 8.79. The molecular formula is C18H20O5S2. The van der Waals surface area contributed by atoms with Gasteiger partial charge in [-0.2, -0.15) is 0 Å². The normalized spacial score (nSPS) is 17.0. The number of esters is 1. The lowest BCUT2D eigenvalue weighted by Crippen LogP contribution is -2.07. The third-order valence-electron chi connectivity index (χ3n) is 4.09. The number of carbonyl (C=O) groups is 1. The molecule has 1 fully saturated rings. The summed E-state index contributed by atoms with van der Waals surface area (Å²) in [5.74, 6) is 0.992. The van der Waals surface area contributed by atoms with Crippen molar-refractivity contribution < 1.29 is 19.1 Å². The van der Waals surface area contributed by atoms with Crippen molar-refractivity contribution in [2.75, 3.05) is 5.75 Å². The summed E-state index contributed by atoms with van der Waals surface area (Å²) in [6.45, 7) is 0.0286. The molecular weight excluding hydrogens is 360 g/mol. The molecule has 1 aliphatic heterocycles. The Labute approximate surface area is 153 Å². The van der Waals surface area contributed by atoms with Crippen molar-refractivity contribution >= 4 is 38.5 Å². The fourth-order valence-corrected chi connectivity index (χ4v) is 5.80. The number of ether oxygens (including phenoxy) is 1. The van der Waals surface area contributed by atoms with Gasteiger partial charge in [0.1, 0.15) is 17.9 Å². The zero-order chi connectivity index (χ0) is 17.6. The summed E-state index contributed by atoms with van der Waals surface area (Å²) in [6, 6.07) is 5.85. The highest BCUT2D eigenvalue weighted by Gasteiger charge is 2.16. The van der Waals surface area contributed by atoms with Gasteiger partial charge in [0.05, 0.1) is 0 Å². The third kappa shape index (κ3) is 5.19. The summed E-state index contributed by atoms with van der Waals surface area (Å²) >= 11 is 0. The molecule has 0 unspecified atom stereocenters. The lowest BCUT2D eigenvalue weighted by atomic mass is 10.1. The molecule has 134 valence electrons. The zero-order valence-electron chi connectivity index (χ0n) is 13.7. The van der Waals surface area contributed by atoms with Gasteiger partial charge in [-0.3, -0.25) is 4.79 Å². The Morgan fingerprint density at radius 1 is 1.32 bits per heavy atom. The number of hydrogen-bond acceptors (Lipinski definition) is 7. The molecule has 1 atom stereocenters. The Hall–Kier alpha value is -1.60. The molecule has 1 saturated heterocycles. The number of rotatable bonds is 7. The van der Waals surface area contributed by atoms with E-state index in [1.54, 1.807) is 6.07 Å². The summed E-state index contributed by atoms with van der Waals surface area (Å²) in [6.07, 6.45) is 4.67. The van der Waals surface area contributed by atoms with Crippen LogP contribution < -0.4 is 5.63 Å². The van der Waals surface area contributed by atoms with Gasteiger partial charge >= 0.3 is 11.6 Å². The first-order valence-electron chi connectivity index (χ1n) is 8.31. The average Bonchev–Trinajstić information content (AvgIpc) is 3.09. The van der Waals surface area contributed by atoms with Crippen LogP contribution in [0, 0.1) is 0 Å². The van der Waals surface area contributed by atoms with Gasteiger partial charge in [-0.05, 0) is 31.4 Å². The summed E-state index contributed by atoms with van der Waals surface area (Å²) < 4.78 is 10.4. The van der Waals surface area contributed by atoms with Crippen molar-refractivity contribution in [1.29, 1.82) is 0 Å². The second-order valence-electron chi connectivity index (χ2n) is 6.01. The van der Waals surface area contributed by atoms with Crippen LogP contribution in [0.4, 0.5) is 0 Å². The van der Waals surface area contributed by atoms with E-state index in [0.29, 0.717) is 17.4 Å². The molecule has 1 aromatic carbocycles. The Balaban J connectivity index is 1.50. The van der Waals surface area contributed by atoms with E-state index in [9.17, 15) is 14.7 Å². The number of hydrogen-bond donors (Lipinski definition) is 1. The maximum Gasteiger partial charge on any atom is 0.336 e. The highest BCUT2D eigenvalue weighted by Crippen LogP contribution is 2.39. The fraction of sp³-hybridized carbons (Fsp3) is 0.444. The molecule has 25 heavy (non-hydrogen) atoms. The van der Waals surface area contributed by atoms with Crippen LogP contribution in [0.5, 0.6) is 5.75 Å². The van der Waals surface area contributed by atoms with E-state index in [2.05, 4.69) is 0 Å². The van der Waals surface area contributed by atoms with Gasteiger partial charge in [0.25, 0.3) is 0 Å². The van der Waals surface area contributed by atoms with Gasteiger partial charge in [0.15, 0.2) is 0 Å². The highest BCUT2D eigenvalue weighted by atomic mass is 33.1. The summed E-state index contributed by atoms with van der Waals surface area (Å²) in [5.41, 5.74) is 0.334. The minimum absolute atomic E-state index is 0.0172. The molecule has 1 aliphatic rings. The molecule has 2 aromatic rings. The smallest absolute Gasteiger partial charge is 0.336 e. The Morgan fingerprint density at radius 2 is 2.20 bits per heavy atom. The predicted octanol–water partition coefficient (Wildman–Crippen LogP) is 4.26. The molecule has 7 heteroatoms. The first-order valence-corrected chi connectivity index (χ1v) is 10.7. The summed E-state index contributed by atoms with van der Waals surface area (Å²) in [4.78, 5) is 23.5. The summed E-state index contributed by atoms with van der Waals surface area (Å²) in [7, 11) is 3.89. The molecule has 5 nitrogen and oxygen atoms in total. The molecule has 0 radical (unpaired) electrons. The lowest BCUT2D eigenvalue weighted by molar-refractivity contribution is -0.145. The average molecular weight is 380 g/mol. The molecule has 0 aliphatic carbocycles. The van der Waals surface area contributed by atoms with Crippen LogP contribution in [-0.2, 0) is 16.1 Å². The number of unbranched alkanes of at least 4 members (excludes halogenated alkanes) is 1. The highest BCUT2D eigenvalue weighted by molar-refractivity contribution is 8.77. The van der Waals surface area contributed by atoms with Crippen LogP contribution in [0.3, 0.4) is 0 Å². The van der Waals surface area contributed by atoms with Crippen molar-refractivity contribution in [3.05, 3.63) is 40.2 Å². The van der Waals surface area contributed by atoms with E-state index < -0.39 is 5.63 Å². The van der Waals surface area contributed by atoms with E-state index in [-0.39, 0.29) is 23.9 Å². The van der Waals surface area contributed by atoms with Crippen LogP contribution in [0.25, 0.3) is 11.0 Å². The van der Waals surface area contributed by atoms with Crippen LogP contribution in [0.15, 0.2) is 33.5 Å².